The lowest BCUT2D eigenvalue weighted by Crippen LogP contribution is -2.55. The Morgan fingerprint density at radius 3 is 2.16 bits per heavy atom. The maximum Gasteiger partial charge on any atom is 0.322 e. The highest BCUT2D eigenvalue weighted by molar-refractivity contribution is 6.08. The molecule has 2 fully saturated rings. The van der Waals surface area contributed by atoms with Crippen molar-refractivity contribution in [3.63, 3.8) is 0 Å². The average molecular weight is 514 g/mol. The van der Waals surface area contributed by atoms with Crippen molar-refractivity contribution in [1.82, 2.24) is 15.5 Å². The number of hydrogen-bond acceptors (Lipinski definition) is 4. The molecule has 0 radical (unpaired) electrons. The molecule has 2 saturated heterocycles. The highest BCUT2D eigenvalue weighted by Crippen LogP contribution is 2.43. The molecule has 6 rings (SSSR count). The Balaban J connectivity index is 1.21. The molecule has 3 heterocycles. The number of nitrogens with zero attached hydrogens (tertiary/aromatic N) is 1. The van der Waals surface area contributed by atoms with Crippen LogP contribution in [-0.4, -0.2) is 41.9 Å². The summed E-state index contributed by atoms with van der Waals surface area (Å²) in [4.78, 5) is 40.4. The third-order valence-electron chi connectivity index (χ3n) is 8.02. The topological polar surface area (TPSA) is 87.7 Å². The van der Waals surface area contributed by atoms with Gasteiger partial charge in [-0.05, 0) is 48.1 Å². The molecule has 0 bridgehead atoms. The minimum Gasteiger partial charge on any atom is -0.480 e. The third-order valence-corrected chi connectivity index (χ3v) is 8.02. The number of nitrogens with one attached hydrogen (secondary N) is 2. The number of halogens is 1. The van der Waals surface area contributed by atoms with E-state index >= 15 is 0 Å². The van der Waals surface area contributed by atoms with E-state index < -0.39 is 29.4 Å². The fraction of sp³-hybridized carbons (Fsp3) is 0.300. The number of benzene rings is 3. The minimum atomic E-state index is -1.54. The Morgan fingerprint density at radius 2 is 1.58 bits per heavy atom. The van der Waals surface area contributed by atoms with E-state index in [0.717, 1.165) is 12.8 Å². The normalized spacial score (nSPS) is 23.1. The quantitative estimate of drug-likeness (QED) is 0.515. The van der Waals surface area contributed by atoms with Crippen LogP contribution in [0.1, 0.15) is 41.9 Å². The van der Waals surface area contributed by atoms with Crippen LogP contribution < -0.4 is 15.4 Å². The SMILES string of the molecule is O=C1NC(=O)C2(CC(C(=O)N3CCC(C(c4ccccc4)c4ccccc4)CC3)Oc3ccc(F)cc32)N1. The van der Waals surface area contributed by atoms with E-state index in [1.54, 1.807) is 4.90 Å². The van der Waals surface area contributed by atoms with Gasteiger partial charge in [0, 0.05) is 31.0 Å². The lowest BCUT2D eigenvalue weighted by Gasteiger charge is -2.41. The number of urea groups is 1. The molecule has 38 heavy (non-hydrogen) atoms. The zero-order chi connectivity index (χ0) is 26.3. The van der Waals surface area contributed by atoms with Gasteiger partial charge in [-0.3, -0.25) is 14.9 Å². The molecule has 3 aromatic carbocycles. The lowest BCUT2D eigenvalue weighted by atomic mass is 9.76. The molecule has 8 heteroatoms. The molecule has 3 aromatic rings. The molecular weight excluding hydrogens is 485 g/mol. The zero-order valence-corrected chi connectivity index (χ0v) is 20.7. The van der Waals surface area contributed by atoms with Crippen molar-refractivity contribution >= 4 is 17.8 Å². The number of imide groups is 1. The van der Waals surface area contributed by atoms with Crippen LogP contribution in [0, 0.1) is 11.7 Å². The summed E-state index contributed by atoms with van der Waals surface area (Å²) >= 11 is 0. The number of rotatable bonds is 4. The van der Waals surface area contributed by atoms with Crippen LogP contribution >= 0.6 is 0 Å². The van der Waals surface area contributed by atoms with Crippen LogP contribution in [0.5, 0.6) is 5.75 Å². The first-order chi connectivity index (χ1) is 18.4. The Morgan fingerprint density at radius 1 is 0.947 bits per heavy atom. The maximum atomic E-state index is 14.1. The van der Waals surface area contributed by atoms with E-state index in [1.807, 2.05) is 12.1 Å². The van der Waals surface area contributed by atoms with E-state index in [4.69, 9.17) is 4.74 Å². The number of carbonyl (C=O) groups is 3. The summed E-state index contributed by atoms with van der Waals surface area (Å²) in [5.41, 5.74) is 1.19. The van der Waals surface area contributed by atoms with E-state index in [-0.39, 0.29) is 29.6 Å². The second kappa shape index (κ2) is 9.59. The molecule has 3 aliphatic rings. The van der Waals surface area contributed by atoms with Crippen molar-refractivity contribution in [2.24, 2.45) is 5.92 Å². The van der Waals surface area contributed by atoms with Gasteiger partial charge in [-0.15, -0.1) is 0 Å². The first-order valence-electron chi connectivity index (χ1n) is 12.9. The van der Waals surface area contributed by atoms with Crippen LogP contribution in [0.15, 0.2) is 78.9 Å². The second-order valence-electron chi connectivity index (χ2n) is 10.2. The maximum absolute atomic E-state index is 14.1. The van der Waals surface area contributed by atoms with Crippen molar-refractivity contribution in [2.45, 2.75) is 36.8 Å². The summed E-state index contributed by atoms with van der Waals surface area (Å²) in [6, 6.07) is 24.0. The van der Waals surface area contributed by atoms with Crippen LogP contribution in [0.3, 0.4) is 0 Å². The van der Waals surface area contributed by atoms with E-state index in [9.17, 15) is 18.8 Å². The fourth-order valence-corrected chi connectivity index (χ4v) is 6.20. The lowest BCUT2D eigenvalue weighted by molar-refractivity contribution is -0.143. The standard InChI is InChI=1S/C30H28FN3O4/c31-22-11-12-24-23(17-22)30(28(36)32-29(37)33-30)18-25(38-24)27(35)34-15-13-21(14-16-34)26(19-7-3-1-4-8-19)20-9-5-2-6-10-20/h1-12,17,21,25-26H,13-16,18H2,(H2,32,33,36,37). The van der Waals surface area contributed by atoms with Gasteiger partial charge >= 0.3 is 6.03 Å². The number of amides is 4. The smallest absolute Gasteiger partial charge is 0.322 e. The van der Waals surface area contributed by atoms with Crippen molar-refractivity contribution in [3.05, 3.63) is 101 Å². The number of hydrogen-bond donors (Lipinski definition) is 2. The largest absolute Gasteiger partial charge is 0.480 e. The third kappa shape index (κ3) is 4.20. The number of piperidine rings is 1. The Bertz CT molecular complexity index is 1340. The zero-order valence-electron chi connectivity index (χ0n) is 20.7. The van der Waals surface area contributed by atoms with Gasteiger partial charge < -0.3 is 15.0 Å². The number of fused-ring (bicyclic) bond motifs is 2. The van der Waals surface area contributed by atoms with E-state index in [0.29, 0.717) is 19.0 Å². The monoisotopic (exact) mass is 513 g/mol. The second-order valence-corrected chi connectivity index (χ2v) is 10.2. The summed E-state index contributed by atoms with van der Waals surface area (Å²) in [7, 11) is 0. The summed E-state index contributed by atoms with van der Waals surface area (Å²) < 4.78 is 20.1. The predicted octanol–water partition coefficient (Wildman–Crippen LogP) is 4.08. The molecule has 0 aliphatic carbocycles. The summed E-state index contributed by atoms with van der Waals surface area (Å²) in [6.07, 6.45) is 0.553. The molecule has 2 unspecified atom stereocenters. The predicted molar refractivity (Wildman–Crippen MR) is 138 cm³/mol. The molecule has 4 amide bonds. The molecule has 0 aromatic heterocycles. The number of likely N-dealkylation sites (tertiary alicyclic amines) is 1. The molecule has 1 spiro atoms. The summed E-state index contributed by atoms with van der Waals surface area (Å²) in [5.74, 6) is -0.602. The Labute approximate surface area is 220 Å². The summed E-state index contributed by atoms with van der Waals surface area (Å²) in [5, 5.41) is 4.87. The van der Waals surface area contributed by atoms with Crippen molar-refractivity contribution in [3.8, 4) is 5.75 Å². The van der Waals surface area contributed by atoms with Gasteiger partial charge in [-0.25, -0.2) is 9.18 Å². The fourth-order valence-electron chi connectivity index (χ4n) is 6.20. The van der Waals surface area contributed by atoms with Gasteiger partial charge in [0.1, 0.15) is 11.6 Å². The van der Waals surface area contributed by atoms with E-state index in [2.05, 4.69) is 59.2 Å². The van der Waals surface area contributed by atoms with Gasteiger partial charge in [-0.2, -0.15) is 0 Å². The first-order valence-corrected chi connectivity index (χ1v) is 12.9. The van der Waals surface area contributed by atoms with E-state index in [1.165, 1.54) is 29.3 Å². The van der Waals surface area contributed by atoms with Gasteiger partial charge in [0.05, 0.1) is 0 Å². The molecule has 2 N–H and O–H groups in total. The van der Waals surface area contributed by atoms with Crippen molar-refractivity contribution in [2.75, 3.05) is 13.1 Å². The highest BCUT2D eigenvalue weighted by Gasteiger charge is 2.55. The molecule has 2 atom stereocenters. The minimum absolute atomic E-state index is 0.101. The van der Waals surface area contributed by atoms with Crippen LogP contribution in [0.2, 0.25) is 0 Å². The molecule has 7 nitrogen and oxygen atoms in total. The Kier molecular flexibility index (Phi) is 6.10. The molecule has 0 saturated carbocycles. The van der Waals surface area contributed by atoms with Gasteiger partial charge in [0.2, 0.25) is 0 Å². The van der Waals surface area contributed by atoms with Gasteiger partial charge in [0.15, 0.2) is 11.6 Å². The van der Waals surface area contributed by atoms with Crippen molar-refractivity contribution < 1.29 is 23.5 Å². The van der Waals surface area contributed by atoms with Crippen LogP contribution in [-0.2, 0) is 15.1 Å². The number of ether oxygens (including phenoxy) is 1. The first kappa shape index (κ1) is 24.2. The highest BCUT2D eigenvalue weighted by atomic mass is 19.1. The Hall–Kier alpha value is -4.20. The van der Waals surface area contributed by atoms with Gasteiger partial charge in [-0.1, -0.05) is 60.7 Å². The molecule has 194 valence electrons. The van der Waals surface area contributed by atoms with Crippen LogP contribution in [0.25, 0.3) is 0 Å². The summed E-state index contributed by atoms with van der Waals surface area (Å²) in [6.45, 7) is 1.11. The van der Waals surface area contributed by atoms with Gasteiger partial charge in [0.25, 0.3) is 11.8 Å². The van der Waals surface area contributed by atoms with Crippen LogP contribution in [0.4, 0.5) is 9.18 Å². The van der Waals surface area contributed by atoms with Crippen molar-refractivity contribution in [1.29, 1.82) is 0 Å². The molecular formula is C30H28FN3O4. The molecule has 3 aliphatic heterocycles. The number of carbonyl (C=O) groups excluding carboxylic acids is 3. The average Bonchev–Trinajstić information content (AvgIpc) is 3.22.